The predicted molar refractivity (Wildman–Crippen MR) is 89.9 cm³/mol. The zero-order valence-electron chi connectivity index (χ0n) is 14.0. The van der Waals surface area contributed by atoms with Crippen LogP contribution in [0.2, 0.25) is 0 Å². The number of benzene rings is 1. The summed E-state index contributed by atoms with van der Waals surface area (Å²) in [6.07, 6.45) is -1.74. The third-order valence-corrected chi connectivity index (χ3v) is 3.78. The fourth-order valence-electron chi connectivity index (χ4n) is 2.47. The number of carbonyl (C=O) groups is 3. The molecule has 1 amide bonds. The van der Waals surface area contributed by atoms with Gasteiger partial charge in [-0.15, -0.1) is 0 Å². The van der Waals surface area contributed by atoms with E-state index >= 15 is 0 Å². The molecule has 0 fully saturated rings. The van der Waals surface area contributed by atoms with Crippen LogP contribution in [0.5, 0.6) is 0 Å². The fraction of sp³-hybridized carbons (Fsp3) is 0.294. The van der Waals surface area contributed by atoms with Gasteiger partial charge < -0.3 is 20.6 Å². The number of aryl methyl sites for hydroxylation is 1. The standard InChI is InChI=1S/C17H19N3O6/c1-2-20-13(16(23)24)9-12(19-20)15(22)18-11(14(21)17(25)26)8-10-6-4-3-5-7-10/h3-7,9,11,14,21H,2,8H2,1H3,(H,18,22)(H,23,24)(H,25,26)/t11-,14-/m1/s1. The number of hydrogen-bond acceptors (Lipinski definition) is 5. The number of nitrogens with one attached hydrogen (secondary N) is 1. The van der Waals surface area contributed by atoms with Crippen LogP contribution in [-0.4, -0.2) is 55.1 Å². The molecule has 0 radical (unpaired) electrons. The van der Waals surface area contributed by atoms with E-state index in [0.29, 0.717) is 0 Å². The summed E-state index contributed by atoms with van der Waals surface area (Å²) < 4.78 is 1.15. The zero-order chi connectivity index (χ0) is 19.3. The van der Waals surface area contributed by atoms with Crippen molar-refractivity contribution >= 4 is 17.8 Å². The Hall–Kier alpha value is -3.20. The van der Waals surface area contributed by atoms with Gasteiger partial charge >= 0.3 is 11.9 Å². The maximum Gasteiger partial charge on any atom is 0.354 e. The Morgan fingerprint density at radius 3 is 2.35 bits per heavy atom. The lowest BCUT2D eigenvalue weighted by Gasteiger charge is -2.21. The number of nitrogens with zero attached hydrogens (tertiary/aromatic N) is 2. The molecule has 2 rings (SSSR count). The van der Waals surface area contributed by atoms with Crippen molar-refractivity contribution in [1.82, 2.24) is 15.1 Å². The van der Waals surface area contributed by atoms with Crippen LogP contribution in [0, 0.1) is 0 Å². The molecule has 0 bridgehead atoms. The van der Waals surface area contributed by atoms with Gasteiger partial charge in [-0.3, -0.25) is 9.48 Å². The van der Waals surface area contributed by atoms with Gasteiger partial charge in [0.1, 0.15) is 5.69 Å². The number of carboxylic acid groups (broad SMARTS) is 2. The Balaban J connectivity index is 2.23. The van der Waals surface area contributed by atoms with Crippen LogP contribution in [0.1, 0.15) is 33.5 Å². The molecule has 0 aliphatic carbocycles. The Labute approximate surface area is 148 Å². The number of aromatic nitrogens is 2. The van der Waals surface area contributed by atoms with Crippen molar-refractivity contribution < 1.29 is 29.7 Å². The molecule has 9 heteroatoms. The van der Waals surface area contributed by atoms with E-state index in [9.17, 15) is 19.5 Å². The van der Waals surface area contributed by atoms with Crippen molar-refractivity contribution in [2.75, 3.05) is 0 Å². The topological polar surface area (TPSA) is 142 Å². The molecular formula is C17H19N3O6. The highest BCUT2D eigenvalue weighted by molar-refractivity contribution is 5.96. The van der Waals surface area contributed by atoms with Crippen molar-refractivity contribution in [3.8, 4) is 0 Å². The minimum atomic E-state index is -1.83. The molecule has 0 spiro atoms. The van der Waals surface area contributed by atoms with Gasteiger partial charge in [0, 0.05) is 12.6 Å². The second-order valence-corrected chi connectivity index (χ2v) is 5.59. The van der Waals surface area contributed by atoms with E-state index in [4.69, 9.17) is 10.2 Å². The van der Waals surface area contributed by atoms with Crippen molar-refractivity contribution in [3.63, 3.8) is 0 Å². The molecule has 0 saturated carbocycles. The Morgan fingerprint density at radius 2 is 1.85 bits per heavy atom. The summed E-state index contributed by atoms with van der Waals surface area (Å²) in [5.41, 5.74) is 0.402. The number of aliphatic hydroxyl groups excluding tert-OH is 1. The van der Waals surface area contributed by atoms with Crippen LogP contribution in [0.4, 0.5) is 0 Å². The summed E-state index contributed by atoms with van der Waals surface area (Å²) in [4.78, 5) is 34.7. The molecule has 138 valence electrons. The molecule has 4 N–H and O–H groups in total. The summed E-state index contributed by atoms with van der Waals surface area (Å²) in [5, 5.41) is 34.4. The first-order chi connectivity index (χ1) is 12.3. The van der Waals surface area contributed by atoms with Crippen LogP contribution < -0.4 is 5.32 Å². The van der Waals surface area contributed by atoms with Crippen molar-refractivity contribution in [1.29, 1.82) is 0 Å². The molecule has 2 aromatic rings. The number of aromatic carboxylic acids is 1. The lowest BCUT2D eigenvalue weighted by molar-refractivity contribution is -0.148. The van der Waals surface area contributed by atoms with Crippen molar-refractivity contribution in [2.24, 2.45) is 0 Å². The van der Waals surface area contributed by atoms with E-state index in [1.165, 1.54) is 0 Å². The van der Waals surface area contributed by atoms with Crippen LogP contribution >= 0.6 is 0 Å². The van der Waals surface area contributed by atoms with E-state index in [0.717, 1.165) is 16.3 Å². The lowest BCUT2D eigenvalue weighted by Crippen LogP contribution is -2.48. The third-order valence-electron chi connectivity index (χ3n) is 3.78. The van der Waals surface area contributed by atoms with Gasteiger partial charge in [0.05, 0.1) is 6.04 Å². The Kier molecular flexibility index (Phi) is 6.07. The normalized spacial score (nSPS) is 13.0. The minimum absolute atomic E-state index is 0.0837. The van der Waals surface area contributed by atoms with Crippen LogP contribution in [0.3, 0.4) is 0 Å². The average molecular weight is 361 g/mol. The van der Waals surface area contributed by atoms with Crippen LogP contribution in [0.25, 0.3) is 0 Å². The van der Waals surface area contributed by atoms with Crippen LogP contribution in [-0.2, 0) is 17.8 Å². The smallest absolute Gasteiger partial charge is 0.354 e. The quantitative estimate of drug-likeness (QED) is 0.533. The summed E-state index contributed by atoms with van der Waals surface area (Å²) in [6, 6.07) is 8.77. The second-order valence-electron chi connectivity index (χ2n) is 5.59. The van der Waals surface area contributed by atoms with Gasteiger partial charge in [0.25, 0.3) is 5.91 Å². The number of amides is 1. The van der Waals surface area contributed by atoms with Crippen molar-refractivity contribution in [2.45, 2.75) is 32.0 Å². The zero-order valence-corrected chi connectivity index (χ0v) is 14.0. The van der Waals surface area contributed by atoms with E-state index in [-0.39, 0.29) is 24.4 Å². The molecule has 1 heterocycles. The fourth-order valence-corrected chi connectivity index (χ4v) is 2.47. The maximum atomic E-state index is 12.4. The summed E-state index contributed by atoms with van der Waals surface area (Å²) in [6.45, 7) is 1.92. The van der Waals surface area contributed by atoms with Crippen molar-refractivity contribution in [3.05, 3.63) is 53.3 Å². The van der Waals surface area contributed by atoms with Gasteiger partial charge in [0.15, 0.2) is 11.8 Å². The van der Waals surface area contributed by atoms with Crippen LogP contribution in [0.15, 0.2) is 36.4 Å². The molecule has 2 atom stereocenters. The average Bonchev–Trinajstić information content (AvgIpc) is 3.06. The molecule has 0 saturated heterocycles. The molecule has 0 unspecified atom stereocenters. The monoisotopic (exact) mass is 361 g/mol. The van der Waals surface area contributed by atoms with E-state index in [1.54, 1.807) is 37.3 Å². The van der Waals surface area contributed by atoms with E-state index in [2.05, 4.69) is 10.4 Å². The second kappa shape index (κ2) is 8.26. The number of carboxylic acids is 2. The molecule has 1 aromatic carbocycles. The summed E-state index contributed by atoms with van der Waals surface area (Å²) >= 11 is 0. The lowest BCUT2D eigenvalue weighted by atomic mass is 10.0. The van der Waals surface area contributed by atoms with E-state index in [1.807, 2.05) is 0 Å². The first-order valence-corrected chi connectivity index (χ1v) is 7.90. The van der Waals surface area contributed by atoms with Gasteiger partial charge in [-0.1, -0.05) is 30.3 Å². The number of aliphatic carboxylic acids is 1. The molecule has 0 aliphatic heterocycles. The molecule has 9 nitrogen and oxygen atoms in total. The number of hydrogen-bond donors (Lipinski definition) is 4. The van der Waals surface area contributed by atoms with Gasteiger partial charge in [0.2, 0.25) is 0 Å². The minimum Gasteiger partial charge on any atom is -0.479 e. The highest BCUT2D eigenvalue weighted by Gasteiger charge is 2.29. The predicted octanol–water partition coefficient (Wildman–Crippen LogP) is 0.388. The van der Waals surface area contributed by atoms with E-state index < -0.39 is 30.0 Å². The molecule has 1 aromatic heterocycles. The Morgan fingerprint density at radius 1 is 1.19 bits per heavy atom. The largest absolute Gasteiger partial charge is 0.479 e. The first kappa shape index (κ1) is 19.1. The van der Waals surface area contributed by atoms with Gasteiger partial charge in [-0.2, -0.15) is 5.10 Å². The maximum absolute atomic E-state index is 12.4. The highest BCUT2D eigenvalue weighted by Crippen LogP contribution is 2.10. The first-order valence-electron chi connectivity index (χ1n) is 7.90. The number of carbonyl (C=O) groups excluding carboxylic acids is 1. The number of aliphatic hydroxyl groups is 1. The van der Waals surface area contributed by atoms with Gasteiger partial charge in [-0.05, 0) is 18.9 Å². The number of rotatable bonds is 8. The Bertz CT molecular complexity index is 802. The summed E-state index contributed by atoms with van der Waals surface area (Å²) in [5.74, 6) is -3.47. The van der Waals surface area contributed by atoms with Gasteiger partial charge in [-0.25, -0.2) is 9.59 Å². The molecule has 0 aliphatic rings. The SMILES string of the molecule is CCn1nc(C(=O)N[C@H](Cc2ccccc2)[C@@H](O)C(=O)O)cc1C(=O)O. The summed E-state index contributed by atoms with van der Waals surface area (Å²) in [7, 11) is 0. The molecular weight excluding hydrogens is 342 g/mol. The molecule has 26 heavy (non-hydrogen) atoms. The third kappa shape index (κ3) is 4.45. The highest BCUT2D eigenvalue weighted by atomic mass is 16.4.